The largest absolute Gasteiger partial charge is 0.347 e. The molecule has 23 heavy (non-hydrogen) atoms. The van der Waals surface area contributed by atoms with Crippen LogP contribution in [0.5, 0.6) is 0 Å². The third-order valence-corrected chi connectivity index (χ3v) is 4.43. The summed E-state index contributed by atoms with van der Waals surface area (Å²) in [6.45, 7) is 6.78. The zero-order valence-electron chi connectivity index (χ0n) is 14.5. The van der Waals surface area contributed by atoms with Crippen LogP contribution in [-0.2, 0) is 10.0 Å². The second-order valence-corrected chi connectivity index (χ2v) is 8.55. The molecule has 0 aliphatic rings. The quantitative estimate of drug-likeness (QED) is 0.736. The molecule has 0 aliphatic heterocycles. The number of carbonyl (C=O) groups is 1. The minimum absolute atomic E-state index is 0.101. The number of hydrogen-bond donors (Lipinski definition) is 2. The smallest absolute Gasteiger partial charge is 0.251 e. The highest BCUT2D eigenvalue weighted by Crippen LogP contribution is 2.12. The van der Waals surface area contributed by atoms with Gasteiger partial charge in [0, 0.05) is 17.6 Å². The molecule has 0 fully saturated rings. The first-order valence-corrected chi connectivity index (χ1v) is 9.06. The van der Waals surface area contributed by atoms with E-state index >= 15 is 0 Å². The molecule has 0 unspecified atom stereocenters. The standard InChI is InChI=1S/C16H27N3O3S/c1-16(2,3)18-15(20)13-8-6-9-14(12-13)23(21,22)17-10-7-11-19(4)5/h6,8-9,12,17H,7,10-11H2,1-5H3,(H,18,20). The average molecular weight is 341 g/mol. The first-order valence-electron chi connectivity index (χ1n) is 7.58. The first-order chi connectivity index (χ1) is 10.5. The Hall–Kier alpha value is -1.44. The van der Waals surface area contributed by atoms with E-state index in [0.29, 0.717) is 12.1 Å². The Balaban J connectivity index is 2.80. The topological polar surface area (TPSA) is 78.5 Å². The summed E-state index contributed by atoms with van der Waals surface area (Å²) >= 11 is 0. The number of hydrogen-bond acceptors (Lipinski definition) is 4. The van der Waals surface area contributed by atoms with Crippen LogP contribution in [0.25, 0.3) is 0 Å². The Labute approximate surface area is 139 Å². The number of amides is 1. The monoisotopic (exact) mass is 341 g/mol. The fraction of sp³-hybridized carbons (Fsp3) is 0.562. The molecule has 0 saturated carbocycles. The predicted molar refractivity (Wildman–Crippen MR) is 92.0 cm³/mol. The van der Waals surface area contributed by atoms with Crippen LogP contribution in [-0.4, -0.2) is 51.9 Å². The van der Waals surface area contributed by atoms with Crippen LogP contribution in [0.1, 0.15) is 37.6 Å². The molecule has 2 N–H and O–H groups in total. The van der Waals surface area contributed by atoms with Crippen molar-refractivity contribution in [2.24, 2.45) is 0 Å². The summed E-state index contributed by atoms with van der Waals surface area (Å²) in [5, 5.41) is 2.82. The second-order valence-electron chi connectivity index (χ2n) is 6.79. The molecule has 0 spiro atoms. The Morgan fingerprint density at radius 2 is 1.87 bits per heavy atom. The molecule has 0 bridgehead atoms. The Morgan fingerprint density at radius 1 is 1.22 bits per heavy atom. The summed E-state index contributed by atoms with van der Waals surface area (Å²) in [7, 11) is 0.266. The van der Waals surface area contributed by atoms with Crippen molar-refractivity contribution in [3.8, 4) is 0 Å². The van der Waals surface area contributed by atoms with Gasteiger partial charge in [-0.25, -0.2) is 13.1 Å². The van der Waals surface area contributed by atoms with Gasteiger partial charge in [-0.05, 0) is 66.0 Å². The van der Waals surface area contributed by atoms with Gasteiger partial charge < -0.3 is 10.2 Å². The Kier molecular flexibility index (Phi) is 6.73. The lowest BCUT2D eigenvalue weighted by molar-refractivity contribution is 0.0919. The fourth-order valence-electron chi connectivity index (χ4n) is 1.90. The van der Waals surface area contributed by atoms with Crippen molar-refractivity contribution in [3.05, 3.63) is 29.8 Å². The lowest BCUT2D eigenvalue weighted by Gasteiger charge is -2.20. The van der Waals surface area contributed by atoms with Crippen molar-refractivity contribution < 1.29 is 13.2 Å². The van der Waals surface area contributed by atoms with E-state index in [2.05, 4.69) is 10.0 Å². The van der Waals surface area contributed by atoms with Crippen LogP contribution in [0.2, 0.25) is 0 Å². The second kappa shape index (κ2) is 7.90. The minimum Gasteiger partial charge on any atom is -0.347 e. The number of benzene rings is 1. The Morgan fingerprint density at radius 3 is 2.43 bits per heavy atom. The van der Waals surface area contributed by atoms with Gasteiger partial charge in [0.25, 0.3) is 5.91 Å². The van der Waals surface area contributed by atoms with E-state index in [4.69, 9.17) is 0 Å². The molecule has 0 heterocycles. The maximum atomic E-state index is 12.3. The van der Waals surface area contributed by atoms with E-state index < -0.39 is 10.0 Å². The van der Waals surface area contributed by atoms with Crippen molar-refractivity contribution >= 4 is 15.9 Å². The van der Waals surface area contributed by atoms with Gasteiger partial charge in [0.05, 0.1) is 4.90 Å². The van der Waals surface area contributed by atoms with E-state index in [-0.39, 0.29) is 16.3 Å². The number of rotatable bonds is 7. The molecule has 1 amide bonds. The molecule has 7 heteroatoms. The van der Waals surface area contributed by atoms with Crippen molar-refractivity contribution in [1.29, 1.82) is 0 Å². The summed E-state index contributed by atoms with van der Waals surface area (Å²) in [5.74, 6) is -0.290. The number of nitrogens with zero attached hydrogens (tertiary/aromatic N) is 1. The summed E-state index contributed by atoms with van der Waals surface area (Å²) < 4.78 is 27.1. The summed E-state index contributed by atoms with van der Waals surface area (Å²) in [6.07, 6.45) is 0.719. The molecule has 1 rings (SSSR count). The maximum absolute atomic E-state index is 12.3. The van der Waals surface area contributed by atoms with Gasteiger partial charge in [-0.1, -0.05) is 6.07 Å². The highest BCUT2D eigenvalue weighted by atomic mass is 32.2. The van der Waals surface area contributed by atoms with Gasteiger partial charge >= 0.3 is 0 Å². The minimum atomic E-state index is -3.61. The Bertz CT molecular complexity index is 634. The molecule has 130 valence electrons. The number of nitrogens with one attached hydrogen (secondary N) is 2. The zero-order valence-corrected chi connectivity index (χ0v) is 15.3. The molecule has 6 nitrogen and oxygen atoms in total. The molecule has 0 saturated heterocycles. The van der Waals surface area contributed by atoms with Crippen molar-refractivity contribution in [1.82, 2.24) is 14.9 Å². The van der Waals surface area contributed by atoms with Crippen molar-refractivity contribution in [2.45, 2.75) is 37.6 Å². The van der Waals surface area contributed by atoms with Gasteiger partial charge in [0.1, 0.15) is 0 Å². The molecular formula is C16H27N3O3S. The van der Waals surface area contributed by atoms with Gasteiger partial charge in [0.2, 0.25) is 10.0 Å². The molecular weight excluding hydrogens is 314 g/mol. The maximum Gasteiger partial charge on any atom is 0.251 e. The lowest BCUT2D eigenvalue weighted by Crippen LogP contribution is -2.40. The van der Waals surface area contributed by atoms with E-state index in [1.165, 1.54) is 12.1 Å². The molecule has 1 aromatic rings. The summed E-state index contributed by atoms with van der Waals surface area (Å²) in [6, 6.07) is 6.07. The zero-order chi connectivity index (χ0) is 17.7. The molecule has 0 aromatic heterocycles. The lowest BCUT2D eigenvalue weighted by atomic mass is 10.1. The van der Waals surface area contributed by atoms with Crippen LogP contribution < -0.4 is 10.0 Å². The third kappa shape index (κ3) is 7.11. The third-order valence-electron chi connectivity index (χ3n) is 2.97. The van der Waals surface area contributed by atoms with Gasteiger partial charge in [0.15, 0.2) is 0 Å². The SMILES string of the molecule is CN(C)CCCNS(=O)(=O)c1cccc(C(=O)NC(C)(C)C)c1. The van der Waals surface area contributed by atoms with Crippen LogP contribution in [0.3, 0.4) is 0 Å². The average Bonchev–Trinajstić information content (AvgIpc) is 2.42. The van der Waals surface area contributed by atoms with Gasteiger partial charge in [-0.3, -0.25) is 4.79 Å². The predicted octanol–water partition coefficient (Wildman–Crippen LogP) is 1.44. The molecule has 0 radical (unpaired) electrons. The van der Waals surface area contributed by atoms with Gasteiger partial charge in [-0.15, -0.1) is 0 Å². The number of carbonyl (C=O) groups excluding carboxylic acids is 1. The van der Waals surface area contributed by atoms with E-state index in [1.807, 2.05) is 39.8 Å². The highest BCUT2D eigenvalue weighted by Gasteiger charge is 2.18. The van der Waals surface area contributed by atoms with Crippen molar-refractivity contribution in [3.63, 3.8) is 0 Å². The highest BCUT2D eigenvalue weighted by molar-refractivity contribution is 7.89. The van der Waals surface area contributed by atoms with Crippen LogP contribution in [0, 0.1) is 0 Å². The van der Waals surface area contributed by atoms with Gasteiger partial charge in [-0.2, -0.15) is 0 Å². The van der Waals surface area contributed by atoms with Crippen LogP contribution in [0.15, 0.2) is 29.2 Å². The fourth-order valence-corrected chi connectivity index (χ4v) is 3.02. The van der Waals surface area contributed by atoms with Crippen LogP contribution >= 0.6 is 0 Å². The molecule has 0 atom stereocenters. The van der Waals surface area contributed by atoms with Crippen LogP contribution in [0.4, 0.5) is 0 Å². The number of sulfonamides is 1. The van der Waals surface area contributed by atoms with E-state index in [1.54, 1.807) is 12.1 Å². The molecule has 1 aromatic carbocycles. The normalized spacial score (nSPS) is 12.4. The van der Waals surface area contributed by atoms with E-state index in [0.717, 1.165) is 13.0 Å². The summed E-state index contributed by atoms with van der Waals surface area (Å²) in [5.41, 5.74) is -0.0489. The van der Waals surface area contributed by atoms with E-state index in [9.17, 15) is 13.2 Å². The van der Waals surface area contributed by atoms with Crippen molar-refractivity contribution in [2.75, 3.05) is 27.2 Å². The summed E-state index contributed by atoms with van der Waals surface area (Å²) in [4.78, 5) is 14.2. The first kappa shape index (κ1) is 19.6. The molecule has 0 aliphatic carbocycles.